The molecule has 0 aromatic heterocycles. The molecule has 0 bridgehead atoms. The number of methoxy groups -OCH3 is 1. The number of hydrogen-bond acceptors (Lipinski definition) is 2. The van der Waals surface area contributed by atoms with E-state index in [1.165, 1.54) is 56.2 Å². The molecule has 1 fully saturated rings. The molecular formula is C15H21NO. The Hall–Kier alpha value is -1.02. The van der Waals surface area contributed by atoms with Crippen molar-refractivity contribution in [2.75, 3.05) is 13.7 Å². The standard InChI is InChI=1S/C15H21NO/c1-17-14-5-4-13-11-15(7-2-3-9-16-15)8-6-12(13)10-14/h4-5,10,16H,2-3,6-9,11H2,1H3/t15-/m0/s1. The summed E-state index contributed by atoms with van der Waals surface area (Å²) in [4.78, 5) is 0. The maximum absolute atomic E-state index is 5.30. The van der Waals surface area contributed by atoms with Gasteiger partial charge in [-0.1, -0.05) is 12.5 Å². The SMILES string of the molecule is COc1ccc2c(c1)CC[C@@]1(CCCCN1)C2. The lowest BCUT2D eigenvalue weighted by molar-refractivity contribution is 0.225. The molecule has 0 radical (unpaired) electrons. The van der Waals surface area contributed by atoms with Crippen LogP contribution in [0.1, 0.15) is 36.8 Å². The molecule has 92 valence electrons. The van der Waals surface area contributed by atoms with E-state index in [1.54, 1.807) is 7.11 Å². The summed E-state index contributed by atoms with van der Waals surface area (Å²) >= 11 is 0. The molecule has 1 aliphatic heterocycles. The van der Waals surface area contributed by atoms with Crippen LogP contribution < -0.4 is 10.1 Å². The van der Waals surface area contributed by atoms with Crippen molar-refractivity contribution in [2.45, 2.75) is 44.1 Å². The number of piperidine rings is 1. The minimum absolute atomic E-state index is 0.403. The Morgan fingerprint density at radius 3 is 2.88 bits per heavy atom. The molecule has 0 amide bonds. The molecule has 1 atom stereocenters. The quantitative estimate of drug-likeness (QED) is 0.802. The van der Waals surface area contributed by atoms with Gasteiger partial charge in [-0.25, -0.2) is 0 Å². The average Bonchev–Trinajstić information content (AvgIpc) is 2.39. The first-order valence-corrected chi connectivity index (χ1v) is 6.72. The van der Waals surface area contributed by atoms with Gasteiger partial charge in [-0.15, -0.1) is 0 Å². The third-order valence-corrected chi connectivity index (χ3v) is 4.40. The van der Waals surface area contributed by atoms with Crippen LogP contribution in [0.2, 0.25) is 0 Å². The average molecular weight is 231 g/mol. The lowest BCUT2D eigenvalue weighted by Gasteiger charge is -2.42. The summed E-state index contributed by atoms with van der Waals surface area (Å²) in [7, 11) is 1.74. The van der Waals surface area contributed by atoms with Gasteiger partial charge in [-0.2, -0.15) is 0 Å². The smallest absolute Gasteiger partial charge is 0.119 e. The van der Waals surface area contributed by atoms with Crippen LogP contribution in [0.15, 0.2) is 18.2 Å². The van der Waals surface area contributed by atoms with Crippen molar-refractivity contribution in [3.63, 3.8) is 0 Å². The highest BCUT2D eigenvalue weighted by atomic mass is 16.5. The Morgan fingerprint density at radius 2 is 2.12 bits per heavy atom. The van der Waals surface area contributed by atoms with Crippen molar-refractivity contribution in [3.8, 4) is 5.75 Å². The van der Waals surface area contributed by atoms with Gasteiger partial charge in [0.25, 0.3) is 0 Å². The van der Waals surface area contributed by atoms with Gasteiger partial charge in [-0.3, -0.25) is 0 Å². The van der Waals surface area contributed by atoms with E-state index >= 15 is 0 Å². The Bertz CT molecular complexity index is 407. The zero-order chi connectivity index (χ0) is 11.7. The van der Waals surface area contributed by atoms with Crippen LogP contribution in [0.4, 0.5) is 0 Å². The molecule has 17 heavy (non-hydrogen) atoms. The minimum Gasteiger partial charge on any atom is -0.497 e. The minimum atomic E-state index is 0.403. The predicted molar refractivity (Wildman–Crippen MR) is 69.6 cm³/mol. The van der Waals surface area contributed by atoms with E-state index in [0.717, 1.165) is 5.75 Å². The number of ether oxygens (including phenoxy) is 1. The van der Waals surface area contributed by atoms with Crippen LogP contribution >= 0.6 is 0 Å². The van der Waals surface area contributed by atoms with Gasteiger partial charge in [0.1, 0.15) is 5.75 Å². The molecule has 0 saturated carbocycles. The third-order valence-electron chi connectivity index (χ3n) is 4.40. The molecule has 1 spiro atoms. The van der Waals surface area contributed by atoms with Crippen LogP contribution in [0.5, 0.6) is 5.75 Å². The fourth-order valence-corrected chi connectivity index (χ4v) is 3.36. The van der Waals surface area contributed by atoms with Gasteiger partial charge in [0.2, 0.25) is 0 Å². The number of aryl methyl sites for hydroxylation is 1. The first-order chi connectivity index (χ1) is 8.31. The number of fused-ring (bicyclic) bond motifs is 1. The Balaban J connectivity index is 1.85. The lowest BCUT2D eigenvalue weighted by atomic mass is 9.74. The topological polar surface area (TPSA) is 21.3 Å². The number of rotatable bonds is 1. The van der Waals surface area contributed by atoms with Crippen molar-refractivity contribution in [3.05, 3.63) is 29.3 Å². The maximum Gasteiger partial charge on any atom is 0.119 e. The van der Waals surface area contributed by atoms with Crippen LogP contribution in [-0.2, 0) is 12.8 Å². The van der Waals surface area contributed by atoms with E-state index in [0.29, 0.717) is 5.54 Å². The molecule has 0 unspecified atom stereocenters. The molecular weight excluding hydrogens is 210 g/mol. The first-order valence-electron chi connectivity index (χ1n) is 6.72. The second kappa shape index (κ2) is 4.34. The largest absolute Gasteiger partial charge is 0.497 e. The zero-order valence-corrected chi connectivity index (χ0v) is 10.6. The van der Waals surface area contributed by atoms with Crippen LogP contribution in [-0.4, -0.2) is 19.2 Å². The van der Waals surface area contributed by atoms with Crippen molar-refractivity contribution in [1.82, 2.24) is 5.32 Å². The Kier molecular flexibility index (Phi) is 2.83. The van der Waals surface area contributed by atoms with E-state index in [2.05, 4.69) is 23.5 Å². The number of hydrogen-bond donors (Lipinski definition) is 1. The molecule has 1 aromatic rings. The van der Waals surface area contributed by atoms with Crippen molar-refractivity contribution < 1.29 is 4.74 Å². The van der Waals surface area contributed by atoms with Crippen LogP contribution in [0, 0.1) is 0 Å². The second-order valence-corrected chi connectivity index (χ2v) is 5.48. The molecule has 1 aliphatic carbocycles. The summed E-state index contributed by atoms with van der Waals surface area (Å²) in [5.41, 5.74) is 3.41. The van der Waals surface area contributed by atoms with Crippen molar-refractivity contribution in [2.24, 2.45) is 0 Å². The molecule has 1 saturated heterocycles. The van der Waals surface area contributed by atoms with Crippen molar-refractivity contribution >= 4 is 0 Å². The highest BCUT2D eigenvalue weighted by Crippen LogP contribution is 2.35. The van der Waals surface area contributed by atoms with Gasteiger partial charge in [0.15, 0.2) is 0 Å². The van der Waals surface area contributed by atoms with Crippen LogP contribution in [0.25, 0.3) is 0 Å². The van der Waals surface area contributed by atoms with Gasteiger partial charge in [0, 0.05) is 5.54 Å². The summed E-state index contributed by atoms with van der Waals surface area (Å²) in [6, 6.07) is 6.57. The maximum atomic E-state index is 5.30. The summed E-state index contributed by atoms with van der Waals surface area (Å²) in [5.74, 6) is 0.997. The molecule has 2 aliphatic rings. The molecule has 2 heteroatoms. The van der Waals surface area contributed by atoms with Crippen molar-refractivity contribution in [1.29, 1.82) is 0 Å². The fourth-order valence-electron chi connectivity index (χ4n) is 3.36. The Morgan fingerprint density at radius 1 is 1.18 bits per heavy atom. The second-order valence-electron chi connectivity index (χ2n) is 5.48. The number of benzene rings is 1. The predicted octanol–water partition coefficient (Wildman–Crippen LogP) is 2.70. The highest BCUT2D eigenvalue weighted by molar-refractivity contribution is 5.39. The highest BCUT2D eigenvalue weighted by Gasteiger charge is 2.35. The summed E-state index contributed by atoms with van der Waals surface area (Å²) < 4.78 is 5.30. The third kappa shape index (κ3) is 2.06. The van der Waals surface area contributed by atoms with E-state index in [-0.39, 0.29) is 0 Å². The molecule has 2 nitrogen and oxygen atoms in total. The molecule has 3 rings (SSSR count). The zero-order valence-electron chi connectivity index (χ0n) is 10.6. The van der Waals surface area contributed by atoms with Gasteiger partial charge >= 0.3 is 0 Å². The summed E-state index contributed by atoms with van der Waals surface area (Å²) in [6.45, 7) is 1.20. The summed E-state index contributed by atoms with van der Waals surface area (Å²) in [6.07, 6.45) is 7.76. The molecule has 1 heterocycles. The van der Waals surface area contributed by atoms with E-state index in [4.69, 9.17) is 4.74 Å². The summed E-state index contributed by atoms with van der Waals surface area (Å²) in [5, 5.41) is 3.77. The fraction of sp³-hybridized carbons (Fsp3) is 0.600. The van der Waals surface area contributed by atoms with E-state index in [9.17, 15) is 0 Å². The number of nitrogens with one attached hydrogen (secondary N) is 1. The molecule has 1 aromatic carbocycles. The van der Waals surface area contributed by atoms with Crippen LogP contribution in [0.3, 0.4) is 0 Å². The Labute approximate surface area is 103 Å². The first kappa shape index (κ1) is 11.1. The van der Waals surface area contributed by atoms with Gasteiger partial charge in [0.05, 0.1) is 7.11 Å². The normalized spacial score (nSPS) is 27.8. The van der Waals surface area contributed by atoms with E-state index in [1.807, 2.05) is 0 Å². The molecule has 1 N–H and O–H groups in total. The van der Waals surface area contributed by atoms with E-state index < -0.39 is 0 Å². The van der Waals surface area contributed by atoms with Gasteiger partial charge in [-0.05, 0) is 61.9 Å². The lowest BCUT2D eigenvalue weighted by Crippen LogP contribution is -2.52. The van der Waals surface area contributed by atoms with Gasteiger partial charge < -0.3 is 10.1 Å². The monoisotopic (exact) mass is 231 g/mol.